The van der Waals surface area contributed by atoms with Crippen molar-refractivity contribution in [3.8, 4) is 0 Å². The van der Waals surface area contributed by atoms with Gasteiger partial charge in [-0.2, -0.15) is 0 Å². The van der Waals surface area contributed by atoms with Crippen LogP contribution < -0.4 is 0 Å². The van der Waals surface area contributed by atoms with E-state index >= 15 is 0 Å². The second-order valence-corrected chi connectivity index (χ2v) is 6.71. The fourth-order valence-electron chi connectivity index (χ4n) is 1.81. The van der Waals surface area contributed by atoms with Gasteiger partial charge in [0.05, 0.1) is 15.7 Å². The Hall–Kier alpha value is -1.40. The molecule has 0 aliphatic heterocycles. The van der Waals surface area contributed by atoms with Crippen molar-refractivity contribution in [3.63, 3.8) is 0 Å². The number of rotatable bonds is 6. The van der Waals surface area contributed by atoms with Crippen molar-refractivity contribution in [2.75, 3.05) is 13.7 Å². The van der Waals surface area contributed by atoms with Crippen molar-refractivity contribution in [1.82, 2.24) is 0 Å². The molecule has 1 N–H and O–H groups in total. The Balaban J connectivity index is 3.22. The molecule has 1 unspecified atom stereocenters. The first-order valence-electron chi connectivity index (χ1n) is 5.88. The first-order valence-corrected chi connectivity index (χ1v) is 7.42. The Morgan fingerprint density at radius 1 is 1.42 bits per heavy atom. The molecule has 5 nitrogen and oxygen atoms in total. The van der Waals surface area contributed by atoms with Gasteiger partial charge in [-0.05, 0) is 38.0 Å². The van der Waals surface area contributed by atoms with Gasteiger partial charge in [0.15, 0.2) is 9.84 Å². The lowest BCUT2D eigenvalue weighted by molar-refractivity contribution is 0.0696. The molecule has 1 rings (SSSR count). The van der Waals surface area contributed by atoms with Crippen molar-refractivity contribution in [1.29, 1.82) is 0 Å². The number of hydrogen-bond acceptors (Lipinski definition) is 4. The zero-order valence-corrected chi connectivity index (χ0v) is 12.0. The average molecular weight is 286 g/mol. The number of sulfone groups is 1. The average Bonchev–Trinajstić information content (AvgIpc) is 2.35. The van der Waals surface area contributed by atoms with Gasteiger partial charge in [0.25, 0.3) is 0 Å². The van der Waals surface area contributed by atoms with Crippen LogP contribution >= 0.6 is 0 Å². The zero-order valence-electron chi connectivity index (χ0n) is 11.2. The minimum absolute atomic E-state index is 0.0139. The smallest absolute Gasteiger partial charge is 0.335 e. The standard InChI is InChI=1S/C13H18O5S/c1-9(7-8-18-3)19(16,17)12-6-4-5-11(10(12)2)13(14)15/h4-6,9H,7-8H2,1-3H3,(H,14,15). The Bertz CT molecular complexity index is 562. The Kier molecular flexibility index (Phi) is 5.08. The number of ether oxygens (including phenoxy) is 1. The zero-order chi connectivity index (χ0) is 14.6. The highest BCUT2D eigenvalue weighted by molar-refractivity contribution is 7.92. The van der Waals surface area contributed by atoms with Gasteiger partial charge in [-0.3, -0.25) is 0 Å². The van der Waals surface area contributed by atoms with Crippen LogP contribution in [0.15, 0.2) is 23.1 Å². The van der Waals surface area contributed by atoms with Crippen LogP contribution in [0.3, 0.4) is 0 Å². The SMILES string of the molecule is COCCC(C)S(=O)(=O)c1cccc(C(=O)O)c1C. The molecule has 0 aliphatic rings. The number of hydrogen-bond donors (Lipinski definition) is 1. The molecule has 0 spiro atoms. The van der Waals surface area contributed by atoms with Gasteiger partial charge in [-0.15, -0.1) is 0 Å². The number of carbonyl (C=O) groups is 1. The van der Waals surface area contributed by atoms with Crippen LogP contribution in [0.25, 0.3) is 0 Å². The third-order valence-electron chi connectivity index (χ3n) is 3.08. The van der Waals surface area contributed by atoms with Gasteiger partial charge in [0.2, 0.25) is 0 Å². The summed E-state index contributed by atoms with van der Waals surface area (Å²) < 4.78 is 29.6. The molecule has 0 saturated carbocycles. The van der Waals surface area contributed by atoms with Crippen LogP contribution in [-0.2, 0) is 14.6 Å². The summed E-state index contributed by atoms with van der Waals surface area (Å²) in [4.78, 5) is 11.1. The predicted octanol–water partition coefficient (Wildman–Crippen LogP) is 1.89. The molecule has 0 aliphatic carbocycles. The van der Waals surface area contributed by atoms with Gasteiger partial charge in [-0.1, -0.05) is 6.07 Å². The van der Waals surface area contributed by atoms with E-state index in [1.54, 1.807) is 6.92 Å². The predicted molar refractivity (Wildman–Crippen MR) is 71.3 cm³/mol. The molecule has 0 amide bonds. The molecule has 0 aromatic heterocycles. The molecule has 19 heavy (non-hydrogen) atoms. The minimum atomic E-state index is -3.54. The van der Waals surface area contributed by atoms with Crippen molar-refractivity contribution < 1.29 is 23.1 Å². The van der Waals surface area contributed by atoms with Gasteiger partial charge >= 0.3 is 5.97 Å². The summed E-state index contributed by atoms with van der Waals surface area (Å²) in [7, 11) is -2.03. The lowest BCUT2D eigenvalue weighted by Gasteiger charge is -2.15. The Morgan fingerprint density at radius 2 is 2.05 bits per heavy atom. The van der Waals surface area contributed by atoms with E-state index in [4.69, 9.17) is 9.84 Å². The number of benzene rings is 1. The third kappa shape index (κ3) is 3.33. The molecule has 0 heterocycles. The lowest BCUT2D eigenvalue weighted by atomic mass is 10.1. The highest BCUT2D eigenvalue weighted by atomic mass is 32.2. The van der Waals surface area contributed by atoms with Gasteiger partial charge in [0, 0.05) is 13.7 Å². The van der Waals surface area contributed by atoms with E-state index in [9.17, 15) is 13.2 Å². The second kappa shape index (κ2) is 6.16. The molecule has 0 fully saturated rings. The van der Waals surface area contributed by atoms with Crippen molar-refractivity contribution in [3.05, 3.63) is 29.3 Å². The molecule has 1 aromatic rings. The van der Waals surface area contributed by atoms with E-state index in [-0.39, 0.29) is 16.0 Å². The van der Waals surface area contributed by atoms with Gasteiger partial charge < -0.3 is 9.84 Å². The van der Waals surface area contributed by atoms with E-state index in [0.29, 0.717) is 13.0 Å². The monoisotopic (exact) mass is 286 g/mol. The highest BCUT2D eigenvalue weighted by Crippen LogP contribution is 2.24. The third-order valence-corrected chi connectivity index (χ3v) is 5.43. The van der Waals surface area contributed by atoms with E-state index in [1.165, 1.54) is 32.2 Å². The topological polar surface area (TPSA) is 80.7 Å². The van der Waals surface area contributed by atoms with E-state index < -0.39 is 21.1 Å². The van der Waals surface area contributed by atoms with Crippen molar-refractivity contribution >= 4 is 15.8 Å². The molecule has 106 valence electrons. The van der Waals surface area contributed by atoms with E-state index in [0.717, 1.165) is 0 Å². The minimum Gasteiger partial charge on any atom is -0.478 e. The maximum atomic E-state index is 12.4. The van der Waals surface area contributed by atoms with Crippen LogP contribution in [0.5, 0.6) is 0 Å². The number of methoxy groups -OCH3 is 1. The molecule has 0 saturated heterocycles. The first-order chi connectivity index (χ1) is 8.82. The summed E-state index contributed by atoms with van der Waals surface area (Å²) in [6, 6.07) is 4.29. The fourth-order valence-corrected chi connectivity index (χ4v) is 3.46. The molecule has 0 radical (unpaired) electrons. The first kappa shape index (κ1) is 15.7. The molecule has 1 aromatic carbocycles. The number of carboxylic acids is 1. The Morgan fingerprint density at radius 3 is 2.58 bits per heavy atom. The largest absolute Gasteiger partial charge is 0.478 e. The summed E-state index contributed by atoms with van der Waals surface area (Å²) in [6.45, 7) is 3.46. The summed E-state index contributed by atoms with van der Waals surface area (Å²) in [6.07, 6.45) is 0.371. The van der Waals surface area contributed by atoms with Crippen molar-refractivity contribution in [2.24, 2.45) is 0 Å². The quantitative estimate of drug-likeness (QED) is 0.863. The van der Waals surface area contributed by atoms with Crippen molar-refractivity contribution in [2.45, 2.75) is 30.4 Å². The maximum absolute atomic E-state index is 12.4. The highest BCUT2D eigenvalue weighted by Gasteiger charge is 2.26. The van der Waals surface area contributed by atoms with Crippen LogP contribution in [0.1, 0.15) is 29.3 Å². The van der Waals surface area contributed by atoms with Gasteiger partial charge in [0.1, 0.15) is 0 Å². The second-order valence-electron chi connectivity index (χ2n) is 4.37. The lowest BCUT2D eigenvalue weighted by Crippen LogP contribution is -2.21. The summed E-state index contributed by atoms with van der Waals surface area (Å²) >= 11 is 0. The van der Waals surface area contributed by atoms with E-state index in [1.807, 2.05) is 0 Å². The summed E-state index contributed by atoms with van der Waals surface area (Å²) in [5, 5.41) is 8.41. The molecule has 1 atom stereocenters. The molecular formula is C13H18O5S. The Labute approximate surface area is 113 Å². The molecular weight excluding hydrogens is 268 g/mol. The molecule has 0 bridgehead atoms. The molecule has 6 heteroatoms. The van der Waals surface area contributed by atoms with E-state index in [2.05, 4.69) is 0 Å². The van der Waals surface area contributed by atoms with Crippen LogP contribution in [0, 0.1) is 6.92 Å². The normalized spacial score (nSPS) is 13.2. The van der Waals surface area contributed by atoms with Crippen LogP contribution in [-0.4, -0.2) is 38.5 Å². The fraction of sp³-hybridized carbons (Fsp3) is 0.462. The van der Waals surface area contributed by atoms with Crippen LogP contribution in [0.4, 0.5) is 0 Å². The maximum Gasteiger partial charge on any atom is 0.335 e. The van der Waals surface area contributed by atoms with Crippen LogP contribution in [0.2, 0.25) is 0 Å². The number of aromatic carboxylic acids is 1. The van der Waals surface area contributed by atoms with Gasteiger partial charge in [-0.25, -0.2) is 13.2 Å². The number of carboxylic acid groups (broad SMARTS) is 1. The summed E-state index contributed by atoms with van der Waals surface area (Å²) in [5.74, 6) is -1.13. The summed E-state index contributed by atoms with van der Waals surface area (Å²) in [5.41, 5.74) is 0.291.